The summed E-state index contributed by atoms with van der Waals surface area (Å²) in [6.45, 7) is 9.11. The number of rotatable bonds is 7. The van der Waals surface area contributed by atoms with E-state index in [1.807, 2.05) is 55.5 Å². The van der Waals surface area contributed by atoms with Crippen molar-refractivity contribution in [3.63, 3.8) is 0 Å². The van der Waals surface area contributed by atoms with Crippen molar-refractivity contribution in [3.05, 3.63) is 88.5 Å². The standard InChI is InChI=1S/C27H32N4O3S.C2HF3O2/c1-19-15-20(2)26(21(3)16-19)35(33,34)30-23-9-10-25(31-13-11-28-12-14-31)24(17-23)27(32)29-18-22-7-5-4-6-8-22;3-2(4,5)1(6)7/h4-10,15-17,28,30H,11-14,18H2,1-3H3,(H,29,32);(H,6,7). The van der Waals surface area contributed by atoms with E-state index in [9.17, 15) is 26.4 Å². The fourth-order valence-corrected chi connectivity index (χ4v) is 6.14. The monoisotopic (exact) mass is 606 g/mol. The maximum Gasteiger partial charge on any atom is 0.490 e. The first-order chi connectivity index (χ1) is 19.7. The first-order valence-corrected chi connectivity index (χ1v) is 14.5. The molecule has 13 heteroatoms. The van der Waals surface area contributed by atoms with Crippen molar-refractivity contribution in [1.29, 1.82) is 0 Å². The van der Waals surface area contributed by atoms with Crippen molar-refractivity contribution < 1.29 is 36.3 Å². The minimum atomic E-state index is -5.08. The van der Waals surface area contributed by atoms with Crippen LogP contribution in [0.3, 0.4) is 0 Å². The molecule has 1 amide bonds. The van der Waals surface area contributed by atoms with Gasteiger partial charge in [-0.25, -0.2) is 13.2 Å². The Hall–Kier alpha value is -4.10. The zero-order valence-electron chi connectivity index (χ0n) is 23.4. The van der Waals surface area contributed by atoms with Gasteiger partial charge in [0.05, 0.1) is 10.5 Å². The van der Waals surface area contributed by atoms with Crippen LogP contribution in [0.2, 0.25) is 0 Å². The number of hydrogen-bond donors (Lipinski definition) is 4. The van der Waals surface area contributed by atoms with Crippen LogP contribution >= 0.6 is 0 Å². The molecular formula is C29H33F3N4O5S. The fraction of sp³-hybridized carbons (Fsp3) is 0.310. The van der Waals surface area contributed by atoms with E-state index >= 15 is 0 Å². The number of carboxylic acids is 1. The molecule has 1 fully saturated rings. The minimum Gasteiger partial charge on any atom is -0.475 e. The van der Waals surface area contributed by atoms with Gasteiger partial charge in [0.1, 0.15) is 0 Å². The van der Waals surface area contributed by atoms with E-state index in [1.54, 1.807) is 26.0 Å². The van der Waals surface area contributed by atoms with Crippen molar-refractivity contribution in [2.75, 3.05) is 35.8 Å². The lowest BCUT2D eigenvalue weighted by Gasteiger charge is -2.31. The summed E-state index contributed by atoms with van der Waals surface area (Å²) in [6.07, 6.45) is -5.08. The Morgan fingerprint density at radius 1 is 0.952 bits per heavy atom. The lowest BCUT2D eigenvalue weighted by atomic mass is 10.1. The van der Waals surface area contributed by atoms with Crippen molar-refractivity contribution in [2.45, 2.75) is 38.4 Å². The predicted molar refractivity (Wildman–Crippen MR) is 154 cm³/mol. The Morgan fingerprint density at radius 3 is 2.07 bits per heavy atom. The highest BCUT2D eigenvalue weighted by Crippen LogP contribution is 2.29. The molecule has 1 aliphatic rings. The zero-order chi connectivity index (χ0) is 31.1. The van der Waals surface area contributed by atoms with Gasteiger partial charge in [0.2, 0.25) is 0 Å². The molecule has 42 heavy (non-hydrogen) atoms. The van der Waals surface area contributed by atoms with Crippen molar-refractivity contribution in [1.82, 2.24) is 10.6 Å². The number of benzene rings is 3. The van der Waals surface area contributed by atoms with Gasteiger partial charge < -0.3 is 20.6 Å². The molecule has 0 saturated carbocycles. The van der Waals surface area contributed by atoms with E-state index in [0.29, 0.717) is 28.9 Å². The number of aryl methyl sites for hydroxylation is 3. The molecule has 0 atom stereocenters. The number of alkyl halides is 3. The average molecular weight is 607 g/mol. The molecule has 0 radical (unpaired) electrons. The molecule has 0 aliphatic carbocycles. The number of nitrogens with one attached hydrogen (secondary N) is 3. The van der Waals surface area contributed by atoms with Crippen LogP contribution < -0.4 is 20.3 Å². The molecule has 0 unspecified atom stereocenters. The van der Waals surface area contributed by atoms with E-state index in [1.165, 1.54) is 0 Å². The van der Waals surface area contributed by atoms with Crippen LogP contribution in [0.4, 0.5) is 24.5 Å². The van der Waals surface area contributed by atoms with E-state index in [0.717, 1.165) is 43.0 Å². The molecule has 9 nitrogen and oxygen atoms in total. The highest BCUT2D eigenvalue weighted by atomic mass is 32.2. The number of aliphatic carboxylic acids is 1. The molecule has 4 N–H and O–H groups in total. The second-order valence-electron chi connectivity index (χ2n) is 9.77. The quantitative estimate of drug-likeness (QED) is 0.314. The van der Waals surface area contributed by atoms with Crippen LogP contribution in [0.1, 0.15) is 32.6 Å². The number of carbonyl (C=O) groups is 2. The molecule has 1 aliphatic heterocycles. The molecule has 0 bridgehead atoms. The summed E-state index contributed by atoms with van der Waals surface area (Å²) in [7, 11) is -3.83. The summed E-state index contributed by atoms with van der Waals surface area (Å²) in [5.41, 5.74) is 4.97. The number of halogens is 3. The van der Waals surface area contributed by atoms with Gasteiger partial charge in [0.25, 0.3) is 15.9 Å². The first-order valence-electron chi connectivity index (χ1n) is 13.0. The molecule has 1 heterocycles. The molecule has 0 aromatic heterocycles. The number of amides is 1. The van der Waals surface area contributed by atoms with Crippen LogP contribution in [0.5, 0.6) is 0 Å². The van der Waals surface area contributed by atoms with Gasteiger partial charge in [-0.15, -0.1) is 0 Å². The predicted octanol–water partition coefficient (Wildman–Crippen LogP) is 4.39. The average Bonchev–Trinajstić information content (AvgIpc) is 2.91. The van der Waals surface area contributed by atoms with Gasteiger partial charge >= 0.3 is 12.1 Å². The second kappa shape index (κ2) is 13.7. The first kappa shape index (κ1) is 32.4. The van der Waals surface area contributed by atoms with Crippen molar-refractivity contribution >= 4 is 33.3 Å². The summed E-state index contributed by atoms with van der Waals surface area (Å²) >= 11 is 0. The maximum absolute atomic E-state index is 13.3. The number of carbonyl (C=O) groups excluding carboxylic acids is 1. The Morgan fingerprint density at radius 2 is 1.52 bits per heavy atom. The molecule has 4 rings (SSSR count). The Balaban J connectivity index is 0.000000616. The van der Waals surface area contributed by atoms with E-state index in [4.69, 9.17) is 9.90 Å². The van der Waals surface area contributed by atoms with E-state index in [2.05, 4.69) is 20.3 Å². The SMILES string of the molecule is Cc1cc(C)c(S(=O)(=O)Nc2ccc(N3CCNCC3)c(C(=O)NCc3ccccc3)c2)c(C)c1.O=C(O)C(F)(F)F. The molecule has 226 valence electrons. The highest BCUT2D eigenvalue weighted by molar-refractivity contribution is 7.92. The lowest BCUT2D eigenvalue weighted by Crippen LogP contribution is -2.44. The second-order valence-corrected chi connectivity index (χ2v) is 11.4. The van der Waals surface area contributed by atoms with Crippen LogP contribution in [0.25, 0.3) is 0 Å². The highest BCUT2D eigenvalue weighted by Gasteiger charge is 2.38. The number of hydrogen-bond acceptors (Lipinski definition) is 6. The number of piperazine rings is 1. The van der Waals surface area contributed by atoms with Crippen LogP contribution in [-0.4, -0.2) is 57.8 Å². The smallest absolute Gasteiger partial charge is 0.475 e. The summed E-state index contributed by atoms with van der Waals surface area (Å²) in [4.78, 5) is 24.6. The van der Waals surface area contributed by atoms with E-state index < -0.39 is 22.2 Å². The third kappa shape index (κ3) is 8.70. The van der Waals surface area contributed by atoms with Gasteiger partial charge in [0, 0.05) is 44.1 Å². The Labute approximate surface area is 242 Å². The minimum absolute atomic E-state index is 0.244. The molecule has 0 spiro atoms. The van der Waals surface area contributed by atoms with Gasteiger partial charge in [-0.3, -0.25) is 9.52 Å². The normalized spacial score (nSPS) is 13.5. The number of nitrogens with zero attached hydrogens (tertiary/aromatic N) is 1. The van der Waals surface area contributed by atoms with Gasteiger partial charge in [-0.1, -0.05) is 48.0 Å². The number of anilines is 2. The lowest BCUT2D eigenvalue weighted by molar-refractivity contribution is -0.192. The molecule has 1 saturated heterocycles. The van der Waals surface area contributed by atoms with E-state index in [-0.39, 0.29) is 10.8 Å². The Kier molecular flexibility index (Phi) is 10.6. The Bertz CT molecular complexity index is 1500. The summed E-state index contributed by atoms with van der Waals surface area (Å²) in [5, 5.41) is 13.4. The summed E-state index contributed by atoms with van der Waals surface area (Å²) in [6, 6.07) is 18.6. The van der Waals surface area contributed by atoms with Crippen LogP contribution in [-0.2, 0) is 21.4 Å². The summed E-state index contributed by atoms with van der Waals surface area (Å²) in [5.74, 6) is -3.00. The van der Waals surface area contributed by atoms with Crippen LogP contribution in [0, 0.1) is 20.8 Å². The van der Waals surface area contributed by atoms with Gasteiger partial charge in [-0.05, 0) is 55.7 Å². The zero-order valence-corrected chi connectivity index (χ0v) is 24.2. The summed E-state index contributed by atoms with van der Waals surface area (Å²) < 4.78 is 61.0. The topological polar surface area (TPSA) is 128 Å². The van der Waals surface area contributed by atoms with Crippen molar-refractivity contribution in [3.8, 4) is 0 Å². The van der Waals surface area contributed by atoms with Gasteiger partial charge in [0.15, 0.2) is 0 Å². The van der Waals surface area contributed by atoms with Crippen LogP contribution in [0.15, 0.2) is 65.6 Å². The number of sulfonamides is 1. The largest absolute Gasteiger partial charge is 0.490 e. The van der Waals surface area contributed by atoms with Crippen molar-refractivity contribution in [2.24, 2.45) is 0 Å². The van der Waals surface area contributed by atoms with Gasteiger partial charge in [-0.2, -0.15) is 13.2 Å². The molecular weight excluding hydrogens is 573 g/mol. The number of carboxylic acid groups (broad SMARTS) is 1. The third-order valence-electron chi connectivity index (χ3n) is 6.36. The fourth-order valence-electron chi connectivity index (χ4n) is 4.63. The molecule has 3 aromatic carbocycles. The third-order valence-corrected chi connectivity index (χ3v) is 8.05. The molecule has 3 aromatic rings. The maximum atomic E-state index is 13.3.